The predicted octanol–water partition coefficient (Wildman–Crippen LogP) is 4.76. The standard InChI is InChI=1S/C14H16BrNS/c1-10-4-5-14(11(2)6-10)16(3)8-13-7-12(15)9-17-13/h4-7,9H,8H2,1-3H3. The van der Waals surface area contributed by atoms with Crippen LogP contribution in [0.2, 0.25) is 0 Å². The molecule has 0 atom stereocenters. The molecule has 0 radical (unpaired) electrons. The molecule has 0 bridgehead atoms. The molecule has 2 aromatic rings. The molecule has 0 saturated carbocycles. The Morgan fingerprint density at radius 2 is 2.00 bits per heavy atom. The highest BCUT2D eigenvalue weighted by Gasteiger charge is 2.06. The van der Waals surface area contributed by atoms with E-state index in [4.69, 9.17) is 0 Å². The number of nitrogens with zero attached hydrogens (tertiary/aromatic N) is 1. The van der Waals surface area contributed by atoms with Crippen molar-refractivity contribution in [3.63, 3.8) is 0 Å². The first-order valence-electron chi connectivity index (χ1n) is 5.57. The molecule has 1 nitrogen and oxygen atoms in total. The molecule has 0 aliphatic carbocycles. The summed E-state index contributed by atoms with van der Waals surface area (Å²) >= 11 is 5.29. The summed E-state index contributed by atoms with van der Waals surface area (Å²) in [6.45, 7) is 5.26. The maximum Gasteiger partial charge on any atom is 0.0520 e. The number of rotatable bonds is 3. The van der Waals surface area contributed by atoms with E-state index < -0.39 is 0 Å². The van der Waals surface area contributed by atoms with Crippen molar-refractivity contribution in [2.45, 2.75) is 20.4 Å². The van der Waals surface area contributed by atoms with Crippen LogP contribution in [0.5, 0.6) is 0 Å². The van der Waals surface area contributed by atoms with Crippen LogP contribution in [0.3, 0.4) is 0 Å². The first-order valence-corrected chi connectivity index (χ1v) is 7.25. The van der Waals surface area contributed by atoms with Crippen LogP contribution < -0.4 is 4.90 Å². The summed E-state index contributed by atoms with van der Waals surface area (Å²) in [6.07, 6.45) is 0. The van der Waals surface area contributed by atoms with Crippen LogP contribution in [-0.2, 0) is 6.54 Å². The normalized spacial score (nSPS) is 10.6. The summed E-state index contributed by atoms with van der Waals surface area (Å²) in [6, 6.07) is 8.79. The Hall–Kier alpha value is -0.800. The van der Waals surface area contributed by atoms with Gasteiger partial charge in [-0.05, 0) is 47.5 Å². The smallest absolute Gasteiger partial charge is 0.0520 e. The highest BCUT2D eigenvalue weighted by Crippen LogP contribution is 2.25. The molecule has 1 aromatic carbocycles. The van der Waals surface area contributed by atoms with Crippen molar-refractivity contribution in [2.24, 2.45) is 0 Å². The van der Waals surface area contributed by atoms with Crippen molar-refractivity contribution in [1.82, 2.24) is 0 Å². The lowest BCUT2D eigenvalue weighted by Gasteiger charge is -2.21. The van der Waals surface area contributed by atoms with E-state index in [0.29, 0.717) is 0 Å². The van der Waals surface area contributed by atoms with Gasteiger partial charge in [0.15, 0.2) is 0 Å². The minimum Gasteiger partial charge on any atom is -0.369 e. The van der Waals surface area contributed by atoms with Crippen LogP contribution in [0, 0.1) is 13.8 Å². The highest BCUT2D eigenvalue weighted by atomic mass is 79.9. The summed E-state index contributed by atoms with van der Waals surface area (Å²) in [4.78, 5) is 3.67. The monoisotopic (exact) mass is 309 g/mol. The number of halogens is 1. The lowest BCUT2D eigenvalue weighted by atomic mass is 10.1. The fourth-order valence-corrected chi connectivity index (χ4v) is 3.49. The lowest BCUT2D eigenvalue weighted by Crippen LogP contribution is -2.16. The van der Waals surface area contributed by atoms with Crippen LogP contribution in [-0.4, -0.2) is 7.05 Å². The molecule has 0 spiro atoms. The molecule has 0 aliphatic rings. The van der Waals surface area contributed by atoms with E-state index in [1.807, 2.05) is 0 Å². The zero-order valence-corrected chi connectivity index (χ0v) is 12.7. The van der Waals surface area contributed by atoms with Crippen LogP contribution in [0.25, 0.3) is 0 Å². The van der Waals surface area contributed by atoms with Gasteiger partial charge in [-0.2, -0.15) is 0 Å². The number of hydrogen-bond acceptors (Lipinski definition) is 2. The van der Waals surface area contributed by atoms with E-state index in [-0.39, 0.29) is 0 Å². The first-order chi connectivity index (χ1) is 8.06. The Labute approximate surface area is 115 Å². The molecule has 0 aliphatic heterocycles. The van der Waals surface area contributed by atoms with Crippen molar-refractivity contribution < 1.29 is 0 Å². The molecule has 3 heteroatoms. The third kappa shape index (κ3) is 3.11. The second-order valence-corrected chi connectivity index (χ2v) is 6.29. The summed E-state index contributed by atoms with van der Waals surface area (Å²) in [5.74, 6) is 0. The Bertz CT molecular complexity index is 519. The third-order valence-electron chi connectivity index (χ3n) is 2.78. The van der Waals surface area contributed by atoms with E-state index in [9.17, 15) is 0 Å². The van der Waals surface area contributed by atoms with E-state index in [0.717, 1.165) is 6.54 Å². The van der Waals surface area contributed by atoms with Crippen LogP contribution in [0.4, 0.5) is 5.69 Å². The molecule has 0 unspecified atom stereocenters. The lowest BCUT2D eigenvalue weighted by molar-refractivity contribution is 0.933. The number of thiophene rings is 1. The van der Waals surface area contributed by atoms with Crippen molar-refractivity contribution >= 4 is 33.0 Å². The minimum absolute atomic E-state index is 0.958. The molecule has 0 N–H and O–H groups in total. The molecule has 0 amide bonds. The Morgan fingerprint density at radius 3 is 2.59 bits per heavy atom. The van der Waals surface area contributed by atoms with Gasteiger partial charge >= 0.3 is 0 Å². The van der Waals surface area contributed by atoms with Crippen LogP contribution >= 0.6 is 27.3 Å². The van der Waals surface area contributed by atoms with Gasteiger partial charge in [0.05, 0.1) is 6.54 Å². The molecule has 1 heterocycles. The minimum atomic E-state index is 0.958. The quantitative estimate of drug-likeness (QED) is 0.790. The topological polar surface area (TPSA) is 3.24 Å². The highest BCUT2D eigenvalue weighted by molar-refractivity contribution is 9.10. The number of benzene rings is 1. The van der Waals surface area contributed by atoms with Crippen LogP contribution in [0.15, 0.2) is 34.1 Å². The number of anilines is 1. The maximum atomic E-state index is 3.49. The van der Waals surface area contributed by atoms with Crippen molar-refractivity contribution in [2.75, 3.05) is 11.9 Å². The van der Waals surface area contributed by atoms with Gasteiger partial charge in [-0.15, -0.1) is 11.3 Å². The SMILES string of the molecule is Cc1ccc(N(C)Cc2cc(Br)cs2)c(C)c1. The Kier molecular flexibility index (Phi) is 3.89. The summed E-state index contributed by atoms with van der Waals surface area (Å²) in [7, 11) is 2.14. The molecular weight excluding hydrogens is 294 g/mol. The largest absolute Gasteiger partial charge is 0.369 e. The van der Waals surface area contributed by atoms with E-state index in [1.165, 1.54) is 26.2 Å². The maximum absolute atomic E-state index is 3.49. The fraction of sp³-hybridized carbons (Fsp3) is 0.286. The van der Waals surface area contributed by atoms with E-state index in [1.54, 1.807) is 11.3 Å². The average Bonchev–Trinajstić information content (AvgIpc) is 2.63. The zero-order valence-electron chi connectivity index (χ0n) is 10.3. The molecule has 90 valence electrons. The Balaban J connectivity index is 2.17. The number of hydrogen-bond donors (Lipinski definition) is 0. The van der Waals surface area contributed by atoms with Crippen molar-refractivity contribution in [3.8, 4) is 0 Å². The Morgan fingerprint density at radius 1 is 1.24 bits per heavy atom. The second-order valence-electron chi connectivity index (χ2n) is 4.38. The predicted molar refractivity (Wildman–Crippen MR) is 80.0 cm³/mol. The van der Waals surface area contributed by atoms with Gasteiger partial charge in [0.25, 0.3) is 0 Å². The fourth-order valence-electron chi connectivity index (χ4n) is 1.99. The summed E-state index contributed by atoms with van der Waals surface area (Å²) in [5.41, 5.74) is 3.96. The second kappa shape index (κ2) is 5.23. The van der Waals surface area contributed by atoms with E-state index in [2.05, 4.69) is 71.4 Å². The molecule has 0 fully saturated rings. The van der Waals surface area contributed by atoms with Crippen molar-refractivity contribution in [1.29, 1.82) is 0 Å². The average molecular weight is 310 g/mol. The van der Waals surface area contributed by atoms with Gasteiger partial charge in [-0.3, -0.25) is 0 Å². The van der Waals surface area contributed by atoms with Gasteiger partial charge in [0, 0.05) is 27.5 Å². The van der Waals surface area contributed by atoms with Gasteiger partial charge in [0.2, 0.25) is 0 Å². The molecule has 17 heavy (non-hydrogen) atoms. The van der Waals surface area contributed by atoms with Gasteiger partial charge in [-0.1, -0.05) is 17.7 Å². The summed E-state index contributed by atoms with van der Waals surface area (Å²) < 4.78 is 1.17. The third-order valence-corrected chi connectivity index (χ3v) is 4.46. The first kappa shape index (κ1) is 12.7. The van der Waals surface area contributed by atoms with Gasteiger partial charge in [-0.25, -0.2) is 0 Å². The number of aryl methyl sites for hydroxylation is 2. The van der Waals surface area contributed by atoms with Crippen molar-refractivity contribution in [3.05, 3.63) is 50.1 Å². The molecule has 2 rings (SSSR count). The molecular formula is C14H16BrNS. The molecule has 0 saturated heterocycles. The zero-order chi connectivity index (χ0) is 12.4. The summed E-state index contributed by atoms with van der Waals surface area (Å²) in [5, 5.41) is 2.13. The van der Waals surface area contributed by atoms with Gasteiger partial charge < -0.3 is 4.90 Å². The van der Waals surface area contributed by atoms with Gasteiger partial charge in [0.1, 0.15) is 0 Å². The molecule has 1 aromatic heterocycles. The van der Waals surface area contributed by atoms with E-state index >= 15 is 0 Å². The van der Waals surface area contributed by atoms with Crippen LogP contribution in [0.1, 0.15) is 16.0 Å².